The minimum atomic E-state index is 1.04. The molecule has 0 heterocycles. The van der Waals surface area contributed by atoms with Gasteiger partial charge in [0.15, 0.2) is 0 Å². The lowest BCUT2D eigenvalue weighted by atomic mass is 9.93. The molecule has 0 aromatic rings. The molecule has 0 unspecified atom stereocenters. The molecular formula is C8H10. The van der Waals surface area contributed by atoms with E-state index in [-0.39, 0.29) is 0 Å². The van der Waals surface area contributed by atoms with Crippen molar-refractivity contribution in [2.75, 3.05) is 0 Å². The van der Waals surface area contributed by atoms with Gasteiger partial charge in [0.2, 0.25) is 0 Å². The van der Waals surface area contributed by atoms with Gasteiger partial charge in [-0.15, -0.1) is 0 Å². The van der Waals surface area contributed by atoms with E-state index in [0.29, 0.717) is 0 Å². The largest absolute Gasteiger partial charge is 0.0992 e. The van der Waals surface area contributed by atoms with E-state index in [1.54, 1.807) is 0 Å². The SMILES string of the molecule is C=C1[CH]C(=C)C[CH]C1. The molecule has 1 fully saturated rings. The molecule has 0 amide bonds. The summed E-state index contributed by atoms with van der Waals surface area (Å²) in [7, 11) is 0. The molecule has 0 atom stereocenters. The number of rotatable bonds is 0. The van der Waals surface area contributed by atoms with Crippen LogP contribution in [0.4, 0.5) is 0 Å². The molecule has 2 radical (unpaired) electrons. The number of hydrogen-bond acceptors (Lipinski definition) is 0. The van der Waals surface area contributed by atoms with Gasteiger partial charge in [0.05, 0.1) is 0 Å². The topological polar surface area (TPSA) is 0 Å². The Kier molecular flexibility index (Phi) is 1.52. The van der Waals surface area contributed by atoms with Crippen LogP contribution in [-0.2, 0) is 0 Å². The highest BCUT2D eigenvalue weighted by molar-refractivity contribution is 5.31. The summed E-state index contributed by atoms with van der Waals surface area (Å²) in [6, 6.07) is 0. The molecule has 0 N–H and O–H groups in total. The van der Waals surface area contributed by atoms with Crippen LogP contribution in [0, 0.1) is 12.8 Å². The van der Waals surface area contributed by atoms with Crippen LogP contribution in [0.2, 0.25) is 0 Å². The second-order valence-corrected chi connectivity index (χ2v) is 2.16. The summed E-state index contributed by atoms with van der Waals surface area (Å²) in [5.41, 5.74) is 2.36. The van der Waals surface area contributed by atoms with Crippen molar-refractivity contribution in [3.8, 4) is 0 Å². The monoisotopic (exact) mass is 106 g/mol. The van der Waals surface area contributed by atoms with Crippen molar-refractivity contribution in [3.05, 3.63) is 37.1 Å². The smallest absolute Gasteiger partial charge is 0.0104 e. The zero-order valence-electron chi connectivity index (χ0n) is 4.98. The Morgan fingerprint density at radius 2 is 1.62 bits per heavy atom. The minimum absolute atomic E-state index is 1.04. The fraction of sp³-hybridized carbons (Fsp3) is 0.250. The Labute approximate surface area is 50.9 Å². The second-order valence-electron chi connectivity index (χ2n) is 2.16. The molecule has 0 aromatic carbocycles. The Morgan fingerprint density at radius 1 is 1.12 bits per heavy atom. The molecule has 1 rings (SSSR count). The summed E-state index contributed by atoms with van der Waals surface area (Å²) >= 11 is 0. The van der Waals surface area contributed by atoms with Gasteiger partial charge in [0, 0.05) is 6.42 Å². The van der Waals surface area contributed by atoms with Crippen LogP contribution in [0.25, 0.3) is 0 Å². The van der Waals surface area contributed by atoms with E-state index in [2.05, 4.69) is 26.0 Å². The van der Waals surface area contributed by atoms with Crippen LogP contribution in [0.15, 0.2) is 24.3 Å². The molecule has 1 aliphatic carbocycles. The Bertz CT molecular complexity index is 106. The summed E-state index contributed by atoms with van der Waals surface area (Å²) in [4.78, 5) is 0. The first-order valence-corrected chi connectivity index (χ1v) is 2.81. The molecule has 0 aliphatic heterocycles. The van der Waals surface area contributed by atoms with Gasteiger partial charge in [-0.2, -0.15) is 0 Å². The van der Waals surface area contributed by atoms with Gasteiger partial charge in [-0.05, 0) is 19.3 Å². The number of allylic oxidation sites excluding steroid dienone is 2. The van der Waals surface area contributed by atoms with Crippen LogP contribution >= 0.6 is 0 Å². The maximum Gasteiger partial charge on any atom is 0.0104 e. The van der Waals surface area contributed by atoms with E-state index < -0.39 is 0 Å². The van der Waals surface area contributed by atoms with Gasteiger partial charge in [-0.1, -0.05) is 24.3 Å². The molecule has 1 aliphatic rings. The van der Waals surface area contributed by atoms with E-state index in [0.717, 1.165) is 12.8 Å². The Hall–Kier alpha value is -0.520. The zero-order chi connectivity index (χ0) is 5.98. The van der Waals surface area contributed by atoms with Crippen LogP contribution in [0.5, 0.6) is 0 Å². The first-order valence-electron chi connectivity index (χ1n) is 2.81. The van der Waals surface area contributed by atoms with E-state index >= 15 is 0 Å². The molecule has 8 heavy (non-hydrogen) atoms. The average molecular weight is 106 g/mol. The molecule has 0 bridgehead atoms. The molecular weight excluding hydrogens is 96.1 g/mol. The maximum atomic E-state index is 3.82. The highest BCUT2D eigenvalue weighted by atomic mass is 14.1. The second kappa shape index (κ2) is 2.17. The fourth-order valence-corrected chi connectivity index (χ4v) is 0.849. The van der Waals surface area contributed by atoms with Crippen LogP contribution < -0.4 is 0 Å². The van der Waals surface area contributed by atoms with Crippen LogP contribution in [0.3, 0.4) is 0 Å². The van der Waals surface area contributed by atoms with Gasteiger partial charge in [-0.25, -0.2) is 0 Å². The zero-order valence-corrected chi connectivity index (χ0v) is 4.98. The summed E-state index contributed by atoms with van der Waals surface area (Å²) in [6.07, 6.45) is 6.34. The normalized spacial score (nSPS) is 21.5. The van der Waals surface area contributed by atoms with Crippen molar-refractivity contribution in [3.63, 3.8) is 0 Å². The summed E-state index contributed by atoms with van der Waals surface area (Å²) < 4.78 is 0. The van der Waals surface area contributed by atoms with Crippen molar-refractivity contribution in [1.82, 2.24) is 0 Å². The summed E-state index contributed by atoms with van der Waals surface area (Å²) in [5.74, 6) is 0. The average Bonchev–Trinajstić information content (AvgIpc) is 1.64. The quantitative estimate of drug-likeness (QED) is 0.444. The van der Waals surface area contributed by atoms with E-state index in [4.69, 9.17) is 0 Å². The van der Waals surface area contributed by atoms with E-state index in [9.17, 15) is 0 Å². The Morgan fingerprint density at radius 3 is 1.88 bits per heavy atom. The molecule has 0 saturated heterocycles. The molecule has 42 valence electrons. The van der Waals surface area contributed by atoms with Crippen molar-refractivity contribution in [2.24, 2.45) is 0 Å². The highest BCUT2D eigenvalue weighted by Crippen LogP contribution is 2.22. The molecule has 0 aromatic heterocycles. The van der Waals surface area contributed by atoms with Crippen molar-refractivity contribution < 1.29 is 0 Å². The maximum absolute atomic E-state index is 3.82. The lowest BCUT2D eigenvalue weighted by molar-refractivity contribution is 0.957. The van der Waals surface area contributed by atoms with Crippen LogP contribution in [-0.4, -0.2) is 0 Å². The summed E-state index contributed by atoms with van der Waals surface area (Å²) in [5, 5.41) is 0. The van der Waals surface area contributed by atoms with Crippen LogP contribution in [0.1, 0.15) is 12.8 Å². The first-order chi connectivity index (χ1) is 3.79. The lowest BCUT2D eigenvalue weighted by Gasteiger charge is -2.12. The van der Waals surface area contributed by atoms with Gasteiger partial charge in [0.25, 0.3) is 0 Å². The number of hydrogen-bond donors (Lipinski definition) is 0. The highest BCUT2D eigenvalue weighted by Gasteiger charge is 2.05. The van der Waals surface area contributed by atoms with E-state index in [1.807, 2.05) is 0 Å². The van der Waals surface area contributed by atoms with Gasteiger partial charge >= 0.3 is 0 Å². The predicted molar refractivity (Wildman–Crippen MR) is 36.1 cm³/mol. The molecule has 0 spiro atoms. The van der Waals surface area contributed by atoms with Gasteiger partial charge in [-0.3, -0.25) is 0 Å². The standard InChI is InChI=1S/C8H10/c1-7-4-3-5-8(2)6-7/h3,6H,1-2,4-5H2. The predicted octanol–water partition coefficient (Wildman–Crippen LogP) is 2.30. The van der Waals surface area contributed by atoms with E-state index in [1.165, 1.54) is 11.1 Å². The van der Waals surface area contributed by atoms with Gasteiger partial charge in [0.1, 0.15) is 0 Å². The first kappa shape index (κ1) is 5.61. The minimum Gasteiger partial charge on any atom is -0.0992 e. The third-order valence-corrected chi connectivity index (χ3v) is 1.22. The van der Waals surface area contributed by atoms with Crippen molar-refractivity contribution >= 4 is 0 Å². The molecule has 0 nitrogen and oxygen atoms in total. The molecule has 0 heteroatoms. The fourth-order valence-electron chi connectivity index (χ4n) is 0.849. The third-order valence-electron chi connectivity index (χ3n) is 1.22. The Balaban J connectivity index is 2.45. The third kappa shape index (κ3) is 1.22. The summed E-state index contributed by atoms with van der Waals surface area (Å²) in [6.45, 7) is 7.63. The van der Waals surface area contributed by atoms with Crippen molar-refractivity contribution in [1.29, 1.82) is 0 Å². The lowest BCUT2D eigenvalue weighted by Crippen LogP contribution is -1.96. The molecule has 1 saturated carbocycles. The van der Waals surface area contributed by atoms with Gasteiger partial charge < -0.3 is 0 Å². The van der Waals surface area contributed by atoms with Crippen molar-refractivity contribution in [2.45, 2.75) is 12.8 Å².